The number of rotatable bonds is 8. The zero-order valence-corrected chi connectivity index (χ0v) is 20.0. The number of aromatic nitrogens is 1. The van der Waals surface area contributed by atoms with Crippen molar-refractivity contribution in [1.82, 2.24) is 15.2 Å². The first kappa shape index (κ1) is 23.8. The molecule has 0 saturated carbocycles. The van der Waals surface area contributed by atoms with E-state index in [1.54, 1.807) is 6.07 Å². The number of carbonyl (C=O) groups excluding carboxylic acids is 2. The van der Waals surface area contributed by atoms with Crippen LogP contribution < -0.4 is 10.1 Å². The summed E-state index contributed by atoms with van der Waals surface area (Å²) in [6.07, 6.45) is 3.14. The first-order valence-electron chi connectivity index (χ1n) is 11.4. The molecule has 0 aliphatic carbocycles. The van der Waals surface area contributed by atoms with Gasteiger partial charge in [-0.2, -0.15) is 0 Å². The molecule has 34 heavy (non-hydrogen) atoms. The number of aryl methyl sites for hydroxylation is 1. The van der Waals surface area contributed by atoms with E-state index >= 15 is 0 Å². The molecule has 7 heteroatoms. The smallest absolute Gasteiger partial charge is 0.227 e. The van der Waals surface area contributed by atoms with Crippen molar-refractivity contribution >= 4 is 23.4 Å². The molecule has 1 aromatic heterocycles. The molecule has 0 unspecified atom stereocenters. The fourth-order valence-corrected chi connectivity index (χ4v) is 4.34. The number of fused-ring (bicyclic) bond motifs is 1. The second-order valence-corrected chi connectivity index (χ2v) is 8.75. The van der Waals surface area contributed by atoms with Gasteiger partial charge in [-0.25, -0.2) is 0 Å². The Morgan fingerprint density at radius 2 is 1.88 bits per heavy atom. The molecule has 0 saturated heterocycles. The Kier molecular flexibility index (Phi) is 7.80. The molecule has 2 aromatic carbocycles. The first-order valence-corrected chi connectivity index (χ1v) is 11.8. The molecule has 2 amide bonds. The molecule has 3 aromatic rings. The van der Waals surface area contributed by atoms with Gasteiger partial charge < -0.3 is 15.0 Å². The maximum absolute atomic E-state index is 12.9. The largest absolute Gasteiger partial charge is 0.493 e. The van der Waals surface area contributed by atoms with Crippen LogP contribution in [0.15, 0.2) is 60.8 Å². The molecule has 176 valence electrons. The third-order valence-electron chi connectivity index (χ3n) is 6.05. The average Bonchev–Trinajstić information content (AvgIpc) is 2.85. The Hall–Kier alpha value is -3.38. The number of ether oxygens (including phenoxy) is 1. The predicted octanol–water partition coefficient (Wildman–Crippen LogP) is 4.26. The van der Waals surface area contributed by atoms with E-state index in [4.69, 9.17) is 16.3 Å². The van der Waals surface area contributed by atoms with Crippen molar-refractivity contribution in [3.05, 3.63) is 93.8 Å². The van der Waals surface area contributed by atoms with Gasteiger partial charge in [-0.3, -0.25) is 14.6 Å². The lowest BCUT2D eigenvalue weighted by atomic mass is 9.94. The molecule has 0 bridgehead atoms. The molecule has 1 aliphatic rings. The van der Waals surface area contributed by atoms with E-state index in [0.29, 0.717) is 31.3 Å². The van der Waals surface area contributed by atoms with Crippen LogP contribution in [-0.4, -0.2) is 34.8 Å². The summed E-state index contributed by atoms with van der Waals surface area (Å²) in [4.78, 5) is 31.6. The zero-order chi connectivity index (χ0) is 23.9. The van der Waals surface area contributed by atoms with Crippen LogP contribution in [0.25, 0.3) is 0 Å². The topological polar surface area (TPSA) is 71.5 Å². The highest BCUT2D eigenvalue weighted by molar-refractivity contribution is 6.31. The van der Waals surface area contributed by atoms with Gasteiger partial charge in [0.1, 0.15) is 5.75 Å². The normalized spacial score (nSPS) is 12.7. The molecule has 1 aliphatic heterocycles. The van der Waals surface area contributed by atoms with E-state index in [1.807, 2.05) is 66.6 Å². The van der Waals surface area contributed by atoms with Gasteiger partial charge in [0.15, 0.2) is 0 Å². The van der Waals surface area contributed by atoms with Crippen LogP contribution in [0.5, 0.6) is 5.75 Å². The van der Waals surface area contributed by atoms with Gasteiger partial charge in [-0.05, 0) is 53.8 Å². The monoisotopic (exact) mass is 477 g/mol. The number of nitrogens with zero attached hydrogens (tertiary/aromatic N) is 2. The molecule has 1 N–H and O–H groups in total. The summed E-state index contributed by atoms with van der Waals surface area (Å²) in [5.41, 5.74) is 4.97. The lowest BCUT2D eigenvalue weighted by molar-refractivity contribution is -0.131. The van der Waals surface area contributed by atoms with E-state index in [0.717, 1.165) is 34.6 Å². The van der Waals surface area contributed by atoms with Crippen LogP contribution in [0.4, 0.5) is 0 Å². The van der Waals surface area contributed by atoms with E-state index in [2.05, 4.69) is 10.3 Å². The van der Waals surface area contributed by atoms with Gasteiger partial charge in [-0.15, -0.1) is 0 Å². The van der Waals surface area contributed by atoms with Crippen LogP contribution in [-0.2, 0) is 35.5 Å². The first-order chi connectivity index (χ1) is 16.5. The Balaban J connectivity index is 1.33. The van der Waals surface area contributed by atoms with E-state index in [-0.39, 0.29) is 24.7 Å². The predicted molar refractivity (Wildman–Crippen MR) is 132 cm³/mol. The highest BCUT2D eigenvalue weighted by atomic mass is 35.5. The SMILES string of the molecule is Cc1ncc2c(c1CNC(=O)CCOc1ccccc1)CCN(C(=O)Cc1ccccc1Cl)C2. The number of pyridine rings is 1. The van der Waals surface area contributed by atoms with Crippen molar-refractivity contribution in [3.8, 4) is 5.75 Å². The van der Waals surface area contributed by atoms with Gasteiger partial charge in [0.2, 0.25) is 11.8 Å². The Bertz CT molecular complexity index is 1170. The Morgan fingerprint density at radius 3 is 2.68 bits per heavy atom. The summed E-state index contributed by atoms with van der Waals surface area (Å²) in [7, 11) is 0. The fraction of sp³-hybridized carbons (Fsp3) is 0.296. The molecular formula is C27H28ClN3O3. The van der Waals surface area contributed by atoms with Crippen molar-refractivity contribution in [1.29, 1.82) is 0 Å². The summed E-state index contributed by atoms with van der Waals surface area (Å²) in [5, 5.41) is 3.60. The molecule has 4 rings (SSSR count). The number of hydrogen-bond donors (Lipinski definition) is 1. The molecule has 6 nitrogen and oxygen atoms in total. The second kappa shape index (κ2) is 11.2. The van der Waals surface area contributed by atoms with Crippen molar-refractivity contribution in [2.75, 3.05) is 13.2 Å². The molecular weight excluding hydrogens is 450 g/mol. The number of amides is 2. The zero-order valence-electron chi connectivity index (χ0n) is 19.2. The van der Waals surface area contributed by atoms with Crippen LogP contribution in [0.1, 0.15) is 34.4 Å². The van der Waals surface area contributed by atoms with Gasteiger partial charge in [-0.1, -0.05) is 48.0 Å². The third-order valence-corrected chi connectivity index (χ3v) is 6.42. The fourth-order valence-electron chi connectivity index (χ4n) is 4.14. The second-order valence-electron chi connectivity index (χ2n) is 8.35. The lowest BCUT2D eigenvalue weighted by Gasteiger charge is -2.30. The quantitative estimate of drug-likeness (QED) is 0.526. The highest BCUT2D eigenvalue weighted by Gasteiger charge is 2.24. The van der Waals surface area contributed by atoms with Gasteiger partial charge >= 0.3 is 0 Å². The van der Waals surface area contributed by atoms with Crippen molar-refractivity contribution in [2.45, 2.75) is 39.3 Å². The molecule has 2 heterocycles. The number of carbonyl (C=O) groups is 2. The van der Waals surface area contributed by atoms with E-state index < -0.39 is 0 Å². The molecule has 0 atom stereocenters. The van der Waals surface area contributed by atoms with Gasteiger partial charge in [0.05, 0.1) is 19.4 Å². The summed E-state index contributed by atoms with van der Waals surface area (Å²) in [6.45, 7) is 3.83. The summed E-state index contributed by atoms with van der Waals surface area (Å²) in [6, 6.07) is 16.9. The average molecular weight is 478 g/mol. The summed E-state index contributed by atoms with van der Waals surface area (Å²) in [5.74, 6) is 0.731. The molecule has 0 fully saturated rings. The minimum atomic E-state index is -0.0692. The van der Waals surface area contributed by atoms with Crippen LogP contribution in [0.2, 0.25) is 5.02 Å². The molecule has 0 spiro atoms. The number of halogens is 1. The summed E-state index contributed by atoms with van der Waals surface area (Å²) < 4.78 is 5.61. The maximum atomic E-state index is 12.9. The summed E-state index contributed by atoms with van der Waals surface area (Å²) >= 11 is 6.23. The highest BCUT2D eigenvalue weighted by Crippen LogP contribution is 2.25. The Labute approximate surface area is 204 Å². The van der Waals surface area contributed by atoms with Crippen molar-refractivity contribution in [2.24, 2.45) is 0 Å². The number of hydrogen-bond acceptors (Lipinski definition) is 4. The van der Waals surface area contributed by atoms with E-state index in [1.165, 1.54) is 5.56 Å². The van der Waals surface area contributed by atoms with E-state index in [9.17, 15) is 9.59 Å². The Morgan fingerprint density at radius 1 is 1.12 bits per heavy atom. The molecule has 0 radical (unpaired) electrons. The number of benzene rings is 2. The van der Waals surface area contributed by atoms with Crippen LogP contribution in [0, 0.1) is 6.92 Å². The maximum Gasteiger partial charge on any atom is 0.227 e. The van der Waals surface area contributed by atoms with Crippen molar-refractivity contribution in [3.63, 3.8) is 0 Å². The lowest BCUT2D eigenvalue weighted by Crippen LogP contribution is -2.38. The third kappa shape index (κ3) is 5.94. The van der Waals surface area contributed by atoms with Crippen LogP contribution >= 0.6 is 11.6 Å². The standard InChI is InChI=1S/C27H28ClN3O3/c1-19-24(17-30-26(32)12-14-34-22-8-3-2-4-9-22)23-11-13-31(18-21(23)16-29-19)27(33)15-20-7-5-6-10-25(20)28/h2-10,16H,11-15,17-18H2,1H3,(H,30,32). The van der Waals surface area contributed by atoms with Crippen LogP contribution in [0.3, 0.4) is 0 Å². The number of para-hydroxylation sites is 1. The van der Waals surface area contributed by atoms with Gasteiger partial charge in [0.25, 0.3) is 0 Å². The number of nitrogens with one attached hydrogen (secondary N) is 1. The minimum absolute atomic E-state index is 0.0487. The minimum Gasteiger partial charge on any atom is -0.493 e. The van der Waals surface area contributed by atoms with Crippen molar-refractivity contribution < 1.29 is 14.3 Å². The van der Waals surface area contributed by atoms with Gasteiger partial charge in [0, 0.05) is 36.5 Å².